The van der Waals surface area contributed by atoms with Gasteiger partial charge in [-0.25, -0.2) is 9.18 Å². The van der Waals surface area contributed by atoms with Crippen molar-refractivity contribution in [2.75, 3.05) is 18.1 Å². The van der Waals surface area contributed by atoms with Crippen LogP contribution >= 0.6 is 11.6 Å². The van der Waals surface area contributed by atoms with Gasteiger partial charge in [0.25, 0.3) is 5.91 Å². The van der Waals surface area contributed by atoms with Crippen molar-refractivity contribution in [2.45, 2.75) is 72.5 Å². The number of amides is 1. The van der Waals surface area contributed by atoms with Crippen molar-refractivity contribution in [1.82, 2.24) is 0 Å². The fourth-order valence-corrected chi connectivity index (χ4v) is 6.36. The van der Waals surface area contributed by atoms with E-state index >= 15 is 4.39 Å². The SMILES string of the molecule is Cc1cc(Cl)cc(C(=O)N2CCc3c2cc(C)c(C(OC(C)(C)C)C(=O)O)c3-c2cc(F)c3c(c2C)CCCO3)c1. The minimum atomic E-state index is -1.30. The Labute approximate surface area is 245 Å². The number of hydrogen-bond acceptors (Lipinski definition) is 4. The molecule has 3 aromatic rings. The molecule has 3 aromatic carbocycles. The summed E-state index contributed by atoms with van der Waals surface area (Å²) in [6.07, 6.45) is 0.599. The summed E-state index contributed by atoms with van der Waals surface area (Å²) in [5, 5.41) is 10.9. The normalized spacial score (nSPS) is 15.3. The van der Waals surface area contributed by atoms with E-state index in [1.54, 1.807) is 43.9 Å². The van der Waals surface area contributed by atoms with E-state index < -0.39 is 23.5 Å². The highest BCUT2D eigenvalue weighted by Crippen LogP contribution is 2.48. The molecule has 0 bridgehead atoms. The zero-order valence-corrected chi connectivity index (χ0v) is 25.0. The largest absolute Gasteiger partial charge is 0.490 e. The molecular weight excluding hydrogens is 545 g/mol. The quantitative estimate of drug-likeness (QED) is 0.338. The topological polar surface area (TPSA) is 76.1 Å². The highest BCUT2D eigenvalue weighted by molar-refractivity contribution is 6.31. The molecule has 1 atom stereocenters. The molecule has 0 saturated carbocycles. The van der Waals surface area contributed by atoms with Crippen LogP contribution in [0.2, 0.25) is 5.02 Å². The van der Waals surface area contributed by atoms with Gasteiger partial charge < -0.3 is 19.5 Å². The summed E-state index contributed by atoms with van der Waals surface area (Å²) in [5.41, 5.74) is 6.00. The van der Waals surface area contributed by atoms with E-state index in [1.165, 1.54) is 6.07 Å². The maximum Gasteiger partial charge on any atom is 0.337 e. The zero-order valence-electron chi connectivity index (χ0n) is 24.3. The first-order chi connectivity index (χ1) is 19.3. The lowest BCUT2D eigenvalue weighted by Gasteiger charge is -2.30. The summed E-state index contributed by atoms with van der Waals surface area (Å²) < 4.78 is 27.4. The molecule has 0 radical (unpaired) electrons. The summed E-state index contributed by atoms with van der Waals surface area (Å²) in [7, 11) is 0. The van der Waals surface area contributed by atoms with Gasteiger partial charge in [0.05, 0.1) is 12.2 Å². The fourth-order valence-electron chi connectivity index (χ4n) is 6.07. The van der Waals surface area contributed by atoms with E-state index in [2.05, 4.69) is 0 Å². The van der Waals surface area contributed by atoms with Gasteiger partial charge in [-0.1, -0.05) is 11.6 Å². The van der Waals surface area contributed by atoms with Crippen molar-refractivity contribution < 1.29 is 28.6 Å². The number of halogens is 2. The van der Waals surface area contributed by atoms with Gasteiger partial charge in [-0.3, -0.25) is 4.79 Å². The number of nitrogens with zero attached hydrogens (tertiary/aromatic N) is 1. The lowest BCUT2D eigenvalue weighted by Crippen LogP contribution is -2.30. The Hall–Kier alpha value is -3.42. The molecule has 1 amide bonds. The highest BCUT2D eigenvalue weighted by Gasteiger charge is 2.37. The van der Waals surface area contributed by atoms with Crippen LogP contribution in [0.1, 0.15) is 77.0 Å². The van der Waals surface area contributed by atoms with Crippen molar-refractivity contribution in [2.24, 2.45) is 0 Å². The van der Waals surface area contributed by atoms with Crippen LogP contribution in [0, 0.1) is 26.6 Å². The first-order valence-corrected chi connectivity index (χ1v) is 14.3. The van der Waals surface area contributed by atoms with Crippen molar-refractivity contribution in [3.63, 3.8) is 0 Å². The molecule has 5 rings (SSSR count). The number of carboxylic acid groups (broad SMARTS) is 1. The van der Waals surface area contributed by atoms with E-state index in [4.69, 9.17) is 21.1 Å². The monoisotopic (exact) mass is 579 g/mol. The molecule has 0 aliphatic carbocycles. The Bertz CT molecular complexity index is 1560. The Morgan fingerprint density at radius 3 is 2.46 bits per heavy atom. The summed E-state index contributed by atoms with van der Waals surface area (Å²) in [6, 6.07) is 8.54. The van der Waals surface area contributed by atoms with Gasteiger partial charge in [0.2, 0.25) is 0 Å². The first kappa shape index (κ1) is 29.1. The van der Waals surface area contributed by atoms with Gasteiger partial charge in [-0.05, 0) is 125 Å². The van der Waals surface area contributed by atoms with Crippen molar-refractivity contribution in [1.29, 1.82) is 0 Å². The Morgan fingerprint density at radius 1 is 1.07 bits per heavy atom. The number of carboxylic acids is 1. The van der Waals surface area contributed by atoms with Crippen LogP contribution in [0.15, 0.2) is 30.3 Å². The number of rotatable bonds is 5. The summed E-state index contributed by atoms with van der Waals surface area (Å²) in [5.74, 6) is -1.55. The number of fused-ring (bicyclic) bond motifs is 2. The van der Waals surface area contributed by atoms with Gasteiger partial charge in [0, 0.05) is 33.9 Å². The number of carbonyl (C=O) groups excluding carboxylic acids is 1. The predicted octanol–water partition coefficient (Wildman–Crippen LogP) is 7.54. The molecule has 216 valence electrons. The minimum Gasteiger partial charge on any atom is -0.490 e. The van der Waals surface area contributed by atoms with Crippen molar-refractivity contribution in [3.05, 3.63) is 80.1 Å². The summed E-state index contributed by atoms with van der Waals surface area (Å²) >= 11 is 6.27. The molecule has 1 N–H and O–H groups in total. The molecule has 0 spiro atoms. The Balaban J connectivity index is 1.78. The number of aryl methyl sites for hydroxylation is 2. The lowest BCUT2D eigenvalue weighted by molar-refractivity contribution is -0.160. The molecular formula is C33H35ClFNO5. The maximum absolute atomic E-state index is 15.6. The standard InChI is InChI=1S/C33H35ClFNO5/c1-17-12-20(15-21(34)13-17)31(37)36-10-9-23-26(36)14-18(2)27(30(32(38)39)41-33(4,5)6)28(23)24-16-25(35)29-22(19(24)3)8-7-11-40-29/h12-16,30H,7-11H2,1-6H3,(H,38,39). The highest BCUT2D eigenvalue weighted by atomic mass is 35.5. The molecule has 2 aliphatic rings. The minimum absolute atomic E-state index is 0.199. The van der Waals surface area contributed by atoms with Crippen LogP contribution in [-0.2, 0) is 22.4 Å². The summed E-state index contributed by atoms with van der Waals surface area (Å²) in [4.78, 5) is 28.2. The number of carbonyl (C=O) groups is 2. The van der Waals surface area contributed by atoms with Gasteiger partial charge in [0.1, 0.15) is 0 Å². The molecule has 0 fully saturated rings. The van der Waals surface area contributed by atoms with E-state index in [-0.39, 0.29) is 11.7 Å². The second-order valence-corrected chi connectivity index (χ2v) is 12.4. The van der Waals surface area contributed by atoms with Gasteiger partial charge >= 0.3 is 5.97 Å². The lowest BCUT2D eigenvalue weighted by atomic mass is 9.83. The van der Waals surface area contributed by atoms with Crippen molar-refractivity contribution in [3.8, 4) is 16.9 Å². The maximum atomic E-state index is 15.6. The number of hydrogen-bond donors (Lipinski definition) is 1. The van der Waals surface area contributed by atoms with Crippen molar-refractivity contribution >= 4 is 29.2 Å². The van der Waals surface area contributed by atoms with Crippen LogP contribution < -0.4 is 9.64 Å². The molecule has 1 unspecified atom stereocenters. The van der Waals surface area contributed by atoms with Gasteiger partial charge in [-0.2, -0.15) is 0 Å². The number of anilines is 1. The molecule has 2 aliphatic heterocycles. The van der Waals surface area contributed by atoms with Crippen LogP contribution in [0.4, 0.5) is 10.1 Å². The zero-order chi connectivity index (χ0) is 29.8. The second kappa shape index (κ2) is 10.8. The molecule has 8 heteroatoms. The molecule has 6 nitrogen and oxygen atoms in total. The number of aliphatic carboxylic acids is 1. The third-order valence-electron chi connectivity index (χ3n) is 7.73. The summed E-state index contributed by atoms with van der Waals surface area (Å²) in [6.45, 7) is 11.9. The third-order valence-corrected chi connectivity index (χ3v) is 7.95. The average molecular weight is 580 g/mol. The third kappa shape index (κ3) is 5.45. The van der Waals surface area contributed by atoms with Crippen LogP contribution in [0.5, 0.6) is 5.75 Å². The van der Waals surface area contributed by atoms with E-state index in [0.717, 1.165) is 28.7 Å². The Kier molecular flexibility index (Phi) is 7.64. The van der Waals surface area contributed by atoms with Crippen LogP contribution in [0.3, 0.4) is 0 Å². The van der Waals surface area contributed by atoms with Gasteiger partial charge in [0.15, 0.2) is 17.7 Å². The predicted molar refractivity (Wildman–Crippen MR) is 158 cm³/mol. The molecule has 2 heterocycles. The van der Waals surface area contributed by atoms with Gasteiger partial charge in [-0.15, -0.1) is 0 Å². The van der Waals surface area contributed by atoms with Crippen LogP contribution in [0.25, 0.3) is 11.1 Å². The first-order valence-electron chi connectivity index (χ1n) is 13.9. The van der Waals surface area contributed by atoms with E-state index in [1.807, 2.05) is 26.8 Å². The smallest absolute Gasteiger partial charge is 0.337 e. The Morgan fingerprint density at radius 2 is 1.80 bits per heavy atom. The number of ether oxygens (including phenoxy) is 2. The molecule has 41 heavy (non-hydrogen) atoms. The number of benzene rings is 3. The van der Waals surface area contributed by atoms with E-state index in [0.29, 0.717) is 64.5 Å². The molecule has 0 aromatic heterocycles. The molecule has 0 saturated heterocycles. The fraction of sp³-hybridized carbons (Fsp3) is 0.394. The van der Waals surface area contributed by atoms with Crippen LogP contribution in [-0.4, -0.2) is 35.7 Å². The average Bonchev–Trinajstić information content (AvgIpc) is 3.30. The van der Waals surface area contributed by atoms with E-state index in [9.17, 15) is 14.7 Å². The second-order valence-electron chi connectivity index (χ2n) is 11.9.